The highest BCUT2D eigenvalue weighted by Crippen LogP contribution is 2.37. The van der Waals surface area contributed by atoms with E-state index in [9.17, 15) is 0 Å². The molecule has 1 aliphatic rings. The van der Waals surface area contributed by atoms with Gasteiger partial charge in [-0.05, 0) is 24.3 Å². The zero-order valence-corrected chi connectivity index (χ0v) is 9.70. The monoisotopic (exact) mass is 231 g/mol. The first-order valence-electron chi connectivity index (χ1n) is 5.52. The first-order chi connectivity index (χ1) is 7.83. The summed E-state index contributed by atoms with van der Waals surface area (Å²) in [6, 6.07) is 8.65. The van der Waals surface area contributed by atoms with Crippen molar-refractivity contribution in [3.8, 4) is 10.6 Å². The molecule has 0 spiro atoms. The number of anilines is 1. The number of nitrogens with two attached hydrogens (primary N) is 1. The lowest BCUT2D eigenvalue weighted by atomic mass is 9.80. The van der Waals surface area contributed by atoms with Crippen molar-refractivity contribution in [3.63, 3.8) is 0 Å². The molecule has 1 saturated carbocycles. The minimum atomic E-state index is 0.526. The van der Waals surface area contributed by atoms with Gasteiger partial charge >= 0.3 is 0 Å². The van der Waals surface area contributed by atoms with Crippen molar-refractivity contribution >= 4 is 16.5 Å². The zero-order chi connectivity index (χ0) is 11.0. The lowest BCUT2D eigenvalue weighted by Crippen LogP contribution is -2.08. The van der Waals surface area contributed by atoms with Crippen LogP contribution < -0.4 is 5.73 Å². The predicted molar refractivity (Wildman–Crippen MR) is 66.3 cm³/mol. The van der Waals surface area contributed by atoms with E-state index in [0.29, 0.717) is 5.13 Å². The molecule has 0 unspecified atom stereocenters. The average Bonchev–Trinajstić information content (AvgIpc) is 2.63. The van der Waals surface area contributed by atoms with Gasteiger partial charge in [-0.3, -0.25) is 0 Å². The van der Waals surface area contributed by atoms with E-state index in [0.717, 1.165) is 16.5 Å². The van der Waals surface area contributed by atoms with Crippen molar-refractivity contribution in [1.82, 2.24) is 10.2 Å². The Bertz CT molecular complexity index is 485. The Labute approximate surface area is 98.3 Å². The summed E-state index contributed by atoms with van der Waals surface area (Å²) in [4.78, 5) is 0. The summed E-state index contributed by atoms with van der Waals surface area (Å²) < 4.78 is 0. The van der Waals surface area contributed by atoms with Crippen LogP contribution in [0.1, 0.15) is 30.7 Å². The zero-order valence-electron chi connectivity index (χ0n) is 8.89. The molecule has 4 heteroatoms. The predicted octanol–water partition coefficient (Wildman–Crippen LogP) is 3.05. The van der Waals surface area contributed by atoms with Gasteiger partial charge in [0.05, 0.1) is 0 Å². The van der Waals surface area contributed by atoms with E-state index in [-0.39, 0.29) is 0 Å². The molecule has 0 saturated heterocycles. The second kappa shape index (κ2) is 3.87. The van der Waals surface area contributed by atoms with Crippen LogP contribution >= 0.6 is 11.3 Å². The largest absolute Gasteiger partial charge is 0.374 e. The van der Waals surface area contributed by atoms with Gasteiger partial charge < -0.3 is 5.73 Å². The Morgan fingerprint density at radius 3 is 2.38 bits per heavy atom. The first kappa shape index (κ1) is 9.78. The van der Waals surface area contributed by atoms with Gasteiger partial charge in [-0.25, -0.2) is 0 Å². The molecular formula is C12H13N3S. The summed E-state index contributed by atoms with van der Waals surface area (Å²) in [7, 11) is 0. The van der Waals surface area contributed by atoms with Crippen LogP contribution in [0.2, 0.25) is 0 Å². The van der Waals surface area contributed by atoms with Crippen LogP contribution in [-0.4, -0.2) is 10.2 Å². The Hall–Kier alpha value is -1.42. The lowest BCUT2D eigenvalue weighted by molar-refractivity contribution is 0.420. The fourth-order valence-corrected chi connectivity index (χ4v) is 2.61. The number of nitrogen functional groups attached to an aromatic ring is 1. The summed E-state index contributed by atoms with van der Waals surface area (Å²) in [5.41, 5.74) is 8.13. The molecular weight excluding hydrogens is 218 g/mol. The molecule has 82 valence electrons. The summed E-state index contributed by atoms with van der Waals surface area (Å²) in [6.07, 6.45) is 4.05. The molecule has 0 atom stereocenters. The number of nitrogens with zero attached hydrogens (tertiary/aromatic N) is 2. The van der Waals surface area contributed by atoms with Gasteiger partial charge in [0.15, 0.2) is 0 Å². The molecule has 2 N–H and O–H groups in total. The molecule has 1 heterocycles. The maximum Gasteiger partial charge on any atom is 0.203 e. The van der Waals surface area contributed by atoms with Crippen LogP contribution in [0.25, 0.3) is 10.6 Å². The van der Waals surface area contributed by atoms with Crippen LogP contribution in [0.15, 0.2) is 24.3 Å². The summed E-state index contributed by atoms with van der Waals surface area (Å²) in [6.45, 7) is 0. The van der Waals surface area contributed by atoms with E-state index < -0.39 is 0 Å². The average molecular weight is 231 g/mol. The van der Waals surface area contributed by atoms with Crippen LogP contribution in [0.5, 0.6) is 0 Å². The molecule has 0 amide bonds. The van der Waals surface area contributed by atoms with E-state index in [2.05, 4.69) is 34.5 Å². The standard InChI is InChI=1S/C12H13N3S/c13-12-15-14-11(16-12)10-6-4-9(5-7-10)8-2-1-3-8/h4-8H,1-3H2,(H2,13,15). The molecule has 3 rings (SSSR count). The normalized spacial score (nSPS) is 16.0. The van der Waals surface area contributed by atoms with Crippen molar-refractivity contribution in [2.45, 2.75) is 25.2 Å². The topological polar surface area (TPSA) is 51.8 Å². The van der Waals surface area contributed by atoms with Crippen molar-refractivity contribution in [3.05, 3.63) is 29.8 Å². The molecule has 1 fully saturated rings. The number of hydrogen-bond donors (Lipinski definition) is 1. The highest BCUT2D eigenvalue weighted by molar-refractivity contribution is 7.18. The Morgan fingerprint density at radius 2 is 1.88 bits per heavy atom. The summed E-state index contributed by atoms with van der Waals surface area (Å²) in [5, 5.41) is 9.29. The number of aromatic nitrogens is 2. The van der Waals surface area contributed by atoms with Gasteiger partial charge in [0.25, 0.3) is 0 Å². The highest BCUT2D eigenvalue weighted by Gasteiger charge is 2.19. The fourth-order valence-electron chi connectivity index (χ4n) is 1.99. The third-order valence-corrected chi connectivity index (χ3v) is 3.98. The molecule has 3 nitrogen and oxygen atoms in total. The minimum Gasteiger partial charge on any atom is -0.374 e. The number of rotatable bonds is 2. The Balaban J connectivity index is 1.86. The maximum absolute atomic E-state index is 5.57. The summed E-state index contributed by atoms with van der Waals surface area (Å²) >= 11 is 1.43. The van der Waals surface area contributed by atoms with Gasteiger partial charge in [-0.15, -0.1) is 10.2 Å². The smallest absolute Gasteiger partial charge is 0.203 e. The lowest BCUT2D eigenvalue weighted by Gasteiger charge is -2.25. The second-order valence-electron chi connectivity index (χ2n) is 4.20. The van der Waals surface area contributed by atoms with Gasteiger partial charge in [0.1, 0.15) is 5.01 Å². The molecule has 1 aliphatic carbocycles. The van der Waals surface area contributed by atoms with Crippen molar-refractivity contribution in [1.29, 1.82) is 0 Å². The number of hydrogen-bond acceptors (Lipinski definition) is 4. The van der Waals surface area contributed by atoms with Crippen molar-refractivity contribution in [2.75, 3.05) is 5.73 Å². The molecule has 0 radical (unpaired) electrons. The Kier molecular flexibility index (Phi) is 2.36. The van der Waals surface area contributed by atoms with Crippen molar-refractivity contribution < 1.29 is 0 Å². The van der Waals surface area contributed by atoms with Crippen LogP contribution in [0, 0.1) is 0 Å². The molecule has 2 aromatic rings. The van der Waals surface area contributed by atoms with Crippen LogP contribution in [-0.2, 0) is 0 Å². The number of benzene rings is 1. The molecule has 0 bridgehead atoms. The molecule has 16 heavy (non-hydrogen) atoms. The van der Waals surface area contributed by atoms with Crippen LogP contribution in [0.4, 0.5) is 5.13 Å². The first-order valence-corrected chi connectivity index (χ1v) is 6.34. The van der Waals surface area contributed by atoms with Gasteiger partial charge in [-0.1, -0.05) is 42.0 Å². The van der Waals surface area contributed by atoms with Gasteiger partial charge in [-0.2, -0.15) is 0 Å². The highest BCUT2D eigenvalue weighted by atomic mass is 32.1. The second-order valence-corrected chi connectivity index (χ2v) is 5.20. The molecule has 1 aromatic carbocycles. The Morgan fingerprint density at radius 1 is 1.12 bits per heavy atom. The summed E-state index contributed by atoms with van der Waals surface area (Å²) in [5.74, 6) is 0.786. The molecule has 0 aliphatic heterocycles. The van der Waals surface area contributed by atoms with E-state index in [1.54, 1.807) is 0 Å². The van der Waals surface area contributed by atoms with Gasteiger partial charge in [0, 0.05) is 5.56 Å². The van der Waals surface area contributed by atoms with E-state index >= 15 is 0 Å². The SMILES string of the molecule is Nc1nnc(-c2ccc(C3CCC3)cc2)s1. The molecule has 1 aromatic heterocycles. The van der Waals surface area contributed by atoms with E-state index in [4.69, 9.17) is 5.73 Å². The van der Waals surface area contributed by atoms with E-state index in [1.807, 2.05) is 0 Å². The third-order valence-electron chi connectivity index (χ3n) is 3.17. The minimum absolute atomic E-state index is 0.526. The van der Waals surface area contributed by atoms with Crippen LogP contribution in [0.3, 0.4) is 0 Å². The maximum atomic E-state index is 5.57. The van der Waals surface area contributed by atoms with Gasteiger partial charge in [0.2, 0.25) is 5.13 Å². The fraction of sp³-hybridized carbons (Fsp3) is 0.333. The van der Waals surface area contributed by atoms with Crippen molar-refractivity contribution in [2.24, 2.45) is 0 Å². The van der Waals surface area contributed by atoms with E-state index in [1.165, 1.54) is 36.2 Å². The quantitative estimate of drug-likeness (QED) is 0.864. The third kappa shape index (κ3) is 1.69.